The van der Waals surface area contributed by atoms with E-state index in [1.807, 2.05) is 6.07 Å². The molecular formula is C19H25N2OS+. The standard InChI is InChI=1S/C19H25N2OS/c1-15-8-9-18(16(2)14-15)23-19-7-5-4-6-17(19)21(22)12-10-20(3)11-13-21/h4-9,14,22H,10-13H2,1-3H3/q+1. The maximum atomic E-state index is 11.1. The van der Waals surface area contributed by atoms with Gasteiger partial charge in [-0.15, -0.1) is 4.65 Å². The minimum Gasteiger partial charge on any atom is -0.295 e. The van der Waals surface area contributed by atoms with Crippen LogP contribution in [0.5, 0.6) is 0 Å². The molecule has 1 heterocycles. The Labute approximate surface area is 143 Å². The summed E-state index contributed by atoms with van der Waals surface area (Å²) in [5, 5.41) is 11.1. The van der Waals surface area contributed by atoms with E-state index in [0.717, 1.165) is 36.8 Å². The predicted octanol–water partition coefficient (Wildman–Crippen LogP) is 4.10. The van der Waals surface area contributed by atoms with Gasteiger partial charge < -0.3 is 0 Å². The lowest BCUT2D eigenvalue weighted by Gasteiger charge is -2.37. The van der Waals surface area contributed by atoms with Gasteiger partial charge in [0.1, 0.15) is 13.1 Å². The summed E-state index contributed by atoms with van der Waals surface area (Å²) < 4.78 is 0.0401. The number of hydrogen-bond acceptors (Lipinski definition) is 3. The van der Waals surface area contributed by atoms with E-state index >= 15 is 0 Å². The van der Waals surface area contributed by atoms with Crippen molar-refractivity contribution in [2.45, 2.75) is 23.6 Å². The van der Waals surface area contributed by atoms with Crippen LogP contribution in [0.2, 0.25) is 0 Å². The van der Waals surface area contributed by atoms with Gasteiger partial charge in [0.15, 0.2) is 5.69 Å². The van der Waals surface area contributed by atoms with Crippen LogP contribution in [0.3, 0.4) is 0 Å². The summed E-state index contributed by atoms with van der Waals surface area (Å²) in [5.41, 5.74) is 3.59. The van der Waals surface area contributed by atoms with Crippen molar-refractivity contribution < 1.29 is 5.21 Å². The average molecular weight is 329 g/mol. The highest BCUT2D eigenvalue weighted by atomic mass is 32.2. The van der Waals surface area contributed by atoms with Crippen molar-refractivity contribution in [1.29, 1.82) is 0 Å². The third-order valence-electron chi connectivity index (χ3n) is 4.57. The minimum atomic E-state index is 0.0401. The number of benzene rings is 2. The van der Waals surface area contributed by atoms with Crippen LogP contribution in [0, 0.1) is 13.8 Å². The van der Waals surface area contributed by atoms with Gasteiger partial charge in [-0.3, -0.25) is 4.90 Å². The highest BCUT2D eigenvalue weighted by molar-refractivity contribution is 7.99. The second kappa shape index (κ2) is 6.65. The Kier molecular flexibility index (Phi) is 4.78. The molecule has 2 aromatic carbocycles. The highest BCUT2D eigenvalue weighted by Gasteiger charge is 2.35. The summed E-state index contributed by atoms with van der Waals surface area (Å²) >= 11 is 1.75. The number of likely N-dealkylation sites (N-methyl/N-ethyl adjacent to an activating group) is 1. The number of rotatable bonds is 3. The first-order valence-corrected chi connectivity index (χ1v) is 8.93. The second-order valence-corrected chi connectivity index (χ2v) is 7.60. The number of aryl methyl sites for hydroxylation is 2. The lowest BCUT2D eigenvalue weighted by Crippen LogP contribution is -2.58. The van der Waals surface area contributed by atoms with E-state index < -0.39 is 0 Å². The molecule has 1 fully saturated rings. The maximum absolute atomic E-state index is 11.1. The van der Waals surface area contributed by atoms with Crippen LogP contribution in [-0.4, -0.2) is 43.3 Å². The Morgan fingerprint density at radius 1 is 1.00 bits per heavy atom. The van der Waals surface area contributed by atoms with E-state index in [1.165, 1.54) is 16.0 Å². The molecule has 0 aromatic heterocycles. The number of piperazine rings is 1. The average Bonchev–Trinajstić information content (AvgIpc) is 2.54. The molecule has 1 aliphatic heterocycles. The Hall–Kier alpha value is -1.33. The third-order valence-corrected chi connectivity index (χ3v) is 5.81. The molecule has 0 saturated carbocycles. The molecule has 0 radical (unpaired) electrons. The van der Waals surface area contributed by atoms with E-state index in [-0.39, 0.29) is 4.65 Å². The lowest BCUT2D eigenvalue weighted by atomic mass is 10.2. The Bertz CT molecular complexity index is 694. The Morgan fingerprint density at radius 3 is 2.39 bits per heavy atom. The van der Waals surface area contributed by atoms with Gasteiger partial charge in [0.05, 0.1) is 18.0 Å². The molecule has 0 aliphatic carbocycles. The van der Waals surface area contributed by atoms with Crippen molar-refractivity contribution in [2.75, 3.05) is 33.2 Å². The van der Waals surface area contributed by atoms with Crippen molar-refractivity contribution in [3.05, 3.63) is 53.6 Å². The molecule has 3 nitrogen and oxygen atoms in total. The van der Waals surface area contributed by atoms with Gasteiger partial charge >= 0.3 is 0 Å². The summed E-state index contributed by atoms with van der Waals surface area (Å²) in [7, 11) is 2.11. The summed E-state index contributed by atoms with van der Waals surface area (Å²) in [6, 6.07) is 14.8. The fourth-order valence-corrected chi connectivity index (χ4v) is 4.14. The van der Waals surface area contributed by atoms with Crippen LogP contribution in [0.15, 0.2) is 52.3 Å². The van der Waals surface area contributed by atoms with E-state index in [4.69, 9.17) is 0 Å². The Morgan fingerprint density at radius 2 is 1.70 bits per heavy atom. The third kappa shape index (κ3) is 3.61. The van der Waals surface area contributed by atoms with Gasteiger partial charge in [-0.1, -0.05) is 41.6 Å². The molecule has 23 heavy (non-hydrogen) atoms. The summed E-state index contributed by atoms with van der Waals surface area (Å²) in [6.07, 6.45) is 0. The number of nitrogens with zero attached hydrogens (tertiary/aromatic N) is 2. The van der Waals surface area contributed by atoms with Gasteiger partial charge in [-0.2, -0.15) is 0 Å². The van der Waals surface area contributed by atoms with Gasteiger partial charge in [-0.05, 0) is 38.6 Å². The molecule has 0 bridgehead atoms. The molecule has 3 rings (SSSR count). The van der Waals surface area contributed by atoms with Crippen molar-refractivity contribution in [3.63, 3.8) is 0 Å². The van der Waals surface area contributed by atoms with Crippen LogP contribution < -0.4 is 4.65 Å². The van der Waals surface area contributed by atoms with Crippen LogP contribution in [0.1, 0.15) is 11.1 Å². The number of quaternary nitrogens is 1. The van der Waals surface area contributed by atoms with Crippen LogP contribution >= 0.6 is 11.8 Å². The van der Waals surface area contributed by atoms with Crippen molar-refractivity contribution in [1.82, 2.24) is 9.55 Å². The van der Waals surface area contributed by atoms with Crippen LogP contribution in [0.25, 0.3) is 0 Å². The molecule has 0 amide bonds. The molecule has 4 heteroatoms. The quantitative estimate of drug-likeness (QED) is 0.858. The van der Waals surface area contributed by atoms with E-state index in [9.17, 15) is 5.21 Å². The highest BCUT2D eigenvalue weighted by Crippen LogP contribution is 2.39. The monoisotopic (exact) mass is 329 g/mol. The van der Waals surface area contributed by atoms with Crippen molar-refractivity contribution >= 4 is 17.4 Å². The molecular weight excluding hydrogens is 304 g/mol. The molecule has 1 aliphatic rings. The van der Waals surface area contributed by atoms with Gasteiger partial charge in [-0.25, -0.2) is 5.21 Å². The number of hydrogen-bond donors (Lipinski definition) is 1. The molecule has 0 atom stereocenters. The predicted molar refractivity (Wildman–Crippen MR) is 97.3 cm³/mol. The Balaban J connectivity index is 1.92. The lowest BCUT2D eigenvalue weighted by molar-refractivity contribution is -0.105. The van der Waals surface area contributed by atoms with E-state index in [2.05, 4.69) is 62.2 Å². The fraction of sp³-hybridized carbons (Fsp3) is 0.368. The van der Waals surface area contributed by atoms with Gasteiger partial charge in [0.2, 0.25) is 0 Å². The fourth-order valence-electron chi connectivity index (χ4n) is 3.06. The summed E-state index contributed by atoms with van der Waals surface area (Å²) in [4.78, 5) is 4.67. The van der Waals surface area contributed by atoms with Crippen LogP contribution in [-0.2, 0) is 0 Å². The first kappa shape index (κ1) is 16.5. The van der Waals surface area contributed by atoms with E-state index in [0.29, 0.717) is 0 Å². The molecule has 0 spiro atoms. The van der Waals surface area contributed by atoms with Crippen LogP contribution in [0.4, 0.5) is 5.69 Å². The van der Waals surface area contributed by atoms with Crippen molar-refractivity contribution in [3.8, 4) is 0 Å². The minimum absolute atomic E-state index is 0.0401. The van der Waals surface area contributed by atoms with E-state index in [1.54, 1.807) is 11.8 Å². The molecule has 0 unspecified atom stereocenters. The topological polar surface area (TPSA) is 23.5 Å². The largest absolute Gasteiger partial charge is 0.295 e. The van der Waals surface area contributed by atoms with Gasteiger partial charge in [0.25, 0.3) is 0 Å². The second-order valence-electron chi connectivity index (χ2n) is 6.51. The molecule has 1 N–H and O–H groups in total. The zero-order valence-corrected chi connectivity index (χ0v) is 14.9. The van der Waals surface area contributed by atoms with Crippen molar-refractivity contribution in [2.24, 2.45) is 0 Å². The SMILES string of the molecule is Cc1ccc(Sc2ccccc2[N+]2(O)CCN(C)CC2)c(C)c1. The van der Waals surface area contributed by atoms with Gasteiger partial charge in [0, 0.05) is 11.0 Å². The number of para-hydroxylation sites is 1. The zero-order valence-electron chi connectivity index (χ0n) is 14.1. The normalized spacial score (nSPS) is 18.1. The molecule has 2 aromatic rings. The zero-order chi connectivity index (χ0) is 16.4. The molecule has 122 valence electrons. The summed E-state index contributed by atoms with van der Waals surface area (Å²) in [5.74, 6) is 0. The first-order chi connectivity index (χ1) is 11.0. The maximum Gasteiger partial charge on any atom is 0.179 e. The molecule has 1 saturated heterocycles. The summed E-state index contributed by atoms with van der Waals surface area (Å²) in [6.45, 7) is 7.57. The number of hydroxylamine groups is 2. The first-order valence-electron chi connectivity index (χ1n) is 8.11. The smallest absolute Gasteiger partial charge is 0.179 e.